The molecule has 2 N–H and O–H groups in total. The van der Waals surface area contributed by atoms with Crippen LogP contribution >= 0.6 is 0 Å². The molecule has 8 nitrogen and oxygen atoms in total. The zero-order chi connectivity index (χ0) is 28.1. The van der Waals surface area contributed by atoms with Crippen molar-refractivity contribution in [2.75, 3.05) is 13.7 Å². The minimum absolute atomic E-state index is 0.0871. The van der Waals surface area contributed by atoms with Crippen LogP contribution in [0.2, 0.25) is 0 Å². The van der Waals surface area contributed by atoms with Gasteiger partial charge in [0.2, 0.25) is 5.89 Å². The summed E-state index contributed by atoms with van der Waals surface area (Å²) >= 11 is 0. The molecule has 2 aromatic heterocycles. The summed E-state index contributed by atoms with van der Waals surface area (Å²) in [5.41, 5.74) is 2.34. The Morgan fingerprint density at radius 2 is 1.93 bits per heavy atom. The molecule has 2 aromatic carbocycles. The lowest BCUT2D eigenvalue weighted by molar-refractivity contribution is 0.119. The molecule has 0 saturated heterocycles. The van der Waals surface area contributed by atoms with Crippen LogP contribution in [-0.4, -0.2) is 35.9 Å². The molecule has 4 aromatic rings. The van der Waals surface area contributed by atoms with E-state index in [1.165, 1.54) is 13.2 Å². The van der Waals surface area contributed by atoms with Gasteiger partial charge in [-0.2, -0.15) is 0 Å². The SMILES string of the molecule is COC[C@H](c1ccc2oc([C@@H](NC(=O)OCc3ccccc3)C3CCC(F)CC3)nc2c1)c1cc(F)c[nH]c1=O. The van der Waals surface area contributed by atoms with Gasteiger partial charge >= 0.3 is 6.09 Å². The largest absolute Gasteiger partial charge is 0.445 e. The maximum Gasteiger partial charge on any atom is 0.408 e. The number of rotatable bonds is 9. The normalized spacial score (nSPS) is 18.8. The van der Waals surface area contributed by atoms with Crippen LogP contribution < -0.4 is 10.9 Å². The summed E-state index contributed by atoms with van der Waals surface area (Å²) in [7, 11) is 1.51. The summed E-state index contributed by atoms with van der Waals surface area (Å²) < 4.78 is 44.8. The van der Waals surface area contributed by atoms with Gasteiger partial charge in [-0.15, -0.1) is 0 Å². The van der Waals surface area contributed by atoms with Crippen LogP contribution in [0.25, 0.3) is 11.1 Å². The molecule has 1 amide bonds. The van der Waals surface area contributed by atoms with Gasteiger partial charge in [0, 0.05) is 24.8 Å². The van der Waals surface area contributed by atoms with Crippen molar-refractivity contribution in [1.82, 2.24) is 15.3 Å². The maximum absolute atomic E-state index is 14.0. The van der Waals surface area contributed by atoms with Gasteiger partial charge in [-0.1, -0.05) is 36.4 Å². The number of amides is 1. The first-order chi connectivity index (χ1) is 19.4. The molecule has 5 rings (SSSR count). The van der Waals surface area contributed by atoms with Crippen LogP contribution in [0.1, 0.15) is 60.2 Å². The number of methoxy groups -OCH3 is 1. The zero-order valence-electron chi connectivity index (χ0n) is 22.1. The van der Waals surface area contributed by atoms with E-state index < -0.39 is 35.6 Å². The van der Waals surface area contributed by atoms with Crippen molar-refractivity contribution in [3.05, 3.63) is 99.5 Å². The van der Waals surface area contributed by atoms with E-state index in [-0.39, 0.29) is 30.6 Å². The Hall–Kier alpha value is -4.05. The summed E-state index contributed by atoms with van der Waals surface area (Å²) in [5.74, 6) is -0.902. The Morgan fingerprint density at radius 3 is 2.67 bits per heavy atom. The van der Waals surface area contributed by atoms with Crippen molar-refractivity contribution in [2.45, 2.75) is 50.4 Å². The minimum atomic E-state index is -0.864. The molecule has 2 atom stereocenters. The number of hydrogen-bond acceptors (Lipinski definition) is 6. The first-order valence-electron chi connectivity index (χ1n) is 13.3. The molecule has 210 valence electrons. The first kappa shape index (κ1) is 27.5. The van der Waals surface area contributed by atoms with Gasteiger partial charge in [0.05, 0.1) is 6.61 Å². The van der Waals surface area contributed by atoms with Crippen molar-refractivity contribution in [2.24, 2.45) is 5.92 Å². The summed E-state index contributed by atoms with van der Waals surface area (Å²) in [4.78, 5) is 32.4. The number of nitrogens with one attached hydrogen (secondary N) is 2. The fraction of sp³-hybridized carbons (Fsp3) is 0.367. The molecule has 0 aliphatic heterocycles. The molecule has 1 aliphatic carbocycles. The number of alkyl halides is 1. The number of carbonyl (C=O) groups is 1. The molecule has 10 heteroatoms. The lowest BCUT2D eigenvalue weighted by atomic mass is 9.83. The summed E-state index contributed by atoms with van der Waals surface area (Å²) in [5, 5.41) is 2.90. The highest BCUT2D eigenvalue weighted by Crippen LogP contribution is 2.37. The molecule has 1 saturated carbocycles. The third kappa shape index (κ3) is 6.39. The van der Waals surface area contributed by atoms with Crippen molar-refractivity contribution in [3.8, 4) is 0 Å². The molecular formula is C30H31F2N3O5. The Morgan fingerprint density at radius 1 is 1.15 bits per heavy atom. The van der Waals surface area contributed by atoms with E-state index in [9.17, 15) is 18.4 Å². The number of oxazole rings is 1. The van der Waals surface area contributed by atoms with Crippen molar-refractivity contribution < 1.29 is 27.5 Å². The van der Waals surface area contributed by atoms with E-state index in [1.54, 1.807) is 18.2 Å². The predicted octanol–water partition coefficient (Wildman–Crippen LogP) is 5.93. The second-order valence-electron chi connectivity index (χ2n) is 10.1. The van der Waals surface area contributed by atoms with Crippen molar-refractivity contribution >= 4 is 17.2 Å². The van der Waals surface area contributed by atoms with Gasteiger partial charge in [-0.3, -0.25) is 4.79 Å². The number of ether oxygens (including phenoxy) is 2. The molecule has 0 bridgehead atoms. The molecule has 0 unspecified atom stereocenters. The number of alkyl carbamates (subject to hydrolysis) is 1. The lowest BCUT2D eigenvalue weighted by Gasteiger charge is -2.30. The Balaban J connectivity index is 1.42. The fourth-order valence-electron chi connectivity index (χ4n) is 5.26. The highest BCUT2D eigenvalue weighted by atomic mass is 19.1. The number of aromatic nitrogens is 2. The van der Waals surface area contributed by atoms with E-state index in [1.807, 2.05) is 30.3 Å². The lowest BCUT2D eigenvalue weighted by Crippen LogP contribution is -2.36. The molecule has 0 spiro atoms. The molecule has 1 aliphatic rings. The van der Waals surface area contributed by atoms with Gasteiger partial charge in [0.15, 0.2) is 5.58 Å². The van der Waals surface area contributed by atoms with Crippen molar-refractivity contribution in [1.29, 1.82) is 0 Å². The van der Waals surface area contributed by atoms with E-state index in [4.69, 9.17) is 13.9 Å². The number of nitrogens with zero attached hydrogens (tertiary/aromatic N) is 1. The Labute approximate surface area is 229 Å². The molecule has 1 fully saturated rings. The Kier molecular flexibility index (Phi) is 8.54. The number of halogens is 2. The van der Waals surface area contributed by atoms with Gasteiger partial charge < -0.3 is 24.2 Å². The standard InChI is InChI=1S/C30H31F2N3O5/c1-38-17-24(23-14-22(32)15-33-28(23)36)20-9-12-26-25(13-20)34-29(40-26)27(19-7-10-21(31)11-8-19)35-30(37)39-16-18-5-3-2-4-6-18/h2-6,9,12-15,19,21,24,27H,7-8,10-11,16-17H2,1H3,(H,33,36)(H,35,37)/t19?,21?,24-,27+/m1/s1. The number of fused-ring (bicyclic) bond motifs is 1. The topological polar surface area (TPSA) is 106 Å². The second kappa shape index (κ2) is 12.4. The van der Waals surface area contributed by atoms with Crippen LogP contribution in [-0.2, 0) is 16.1 Å². The van der Waals surface area contributed by atoms with Crippen LogP contribution in [0.5, 0.6) is 0 Å². The third-order valence-corrected chi connectivity index (χ3v) is 7.36. The third-order valence-electron chi connectivity index (χ3n) is 7.36. The number of benzene rings is 2. The average molecular weight is 552 g/mol. The highest BCUT2D eigenvalue weighted by molar-refractivity contribution is 5.74. The van der Waals surface area contributed by atoms with Crippen molar-refractivity contribution in [3.63, 3.8) is 0 Å². The van der Waals surface area contributed by atoms with Gasteiger partial charge in [-0.05, 0) is 60.9 Å². The molecular weight excluding hydrogens is 520 g/mol. The zero-order valence-corrected chi connectivity index (χ0v) is 22.1. The second-order valence-corrected chi connectivity index (χ2v) is 10.1. The van der Waals surface area contributed by atoms with E-state index in [0.29, 0.717) is 42.3 Å². The predicted molar refractivity (Wildman–Crippen MR) is 144 cm³/mol. The van der Waals surface area contributed by atoms with E-state index in [2.05, 4.69) is 15.3 Å². The van der Waals surface area contributed by atoms with Crippen LogP contribution in [0.4, 0.5) is 13.6 Å². The number of aromatic amines is 1. The van der Waals surface area contributed by atoms with Crippen LogP contribution in [0.3, 0.4) is 0 Å². The first-order valence-corrected chi connectivity index (χ1v) is 13.3. The van der Waals surface area contributed by atoms with Gasteiger partial charge in [0.25, 0.3) is 5.56 Å². The number of hydrogen-bond donors (Lipinski definition) is 2. The number of carbonyl (C=O) groups excluding carboxylic acids is 1. The van der Waals surface area contributed by atoms with E-state index in [0.717, 1.165) is 11.8 Å². The monoisotopic (exact) mass is 551 g/mol. The number of H-pyrrole nitrogens is 1. The van der Waals surface area contributed by atoms with Crippen LogP contribution in [0, 0.1) is 11.7 Å². The summed E-state index contributed by atoms with van der Waals surface area (Å²) in [6.45, 7) is 0.250. The Bertz CT molecular complexity index is 1500. The molecule has 2 heterocycles. The van der Waals surface area contributed by atoms with E-state index >= 15 is 0 Å². The molecule has 0 radical (unpaired) electrons. The summed E-state index contributed by atoms with van der Waals surface area (Å²) in [6.07, 6.45) is 1.44. The average Bonchev–Trinajstić information content (AvgIpc) is 3.39. The smallest absolute Gasteiger partial charge is 0.408 e. The molecule has 40 heavy (non-hydrogen) atoms. The van der Waals surface area contributed by atoms with Crippen LogP contribution in [0.15, 0.2) is 70.0 Å². The maximum atomic E-state index is 14.0. The quantitative estimate of drug-likeness (QED) is 0.267. The summed E-state index contributed by atoms with van der Waals surface area (Å²) in [6, 6.07) is 15.2. The number of pyridine rings is 1. The fourth-order valence-corrected chi connectivity index (χ4v) is 5.26. The minimum Gasteiger partial charge on any atom is -0.445 e. The van der Waals surface area contributed by atoms with Gasteiger partial charge in [-0.25, -0.2) is 18.6 Å². The highest BCUT2D eigenvalue weighted by Gasteiger charge is 2.33. The van der Waals surface area contributed by atoms with Gasteiger partial charge in [0.1, 0.15) is 30.2 Å².